The monoisotopic (exact) mass is 243 g/mol. The van der Waals surface area contributed by atoms with Gasteiger partial charge < -0.3 is 4.74 Å². The number of ether oxygens (including phenoxy) is 1. The van der Waals surface area contributed by atoms with Crippen molar-refractivity contribution < 1.29 is 13.2 Å². The van der Waals surface area contributed by atoms with E-state index in [1.165, 1.54) is 0 Å². The minimum Gasteiger partial charge on any atom is -0.377 e. The second-order valence-electron chi connectivity index (χ2n) is 3.50. The summed E-state index contributed by atoms with van der Waals surface area (Å²) in [7, 11) is -3.15. The van der Waals surface area contributed by atoms with Crippen LogP contribution >= 0.6 is 0 Å². The topological polar surface area (TPSA) is 55.4 Å². The molecule has 0 aliphatic rings. The predicted molar refractivity (Wildman–Crippen MR) is 63.5 cm³/mol. The fraction of sp³-hybridized carbons (Fsp3) is 0.455. The van der Waals surface area contributed by atoms with Gasteiger partial charge in [0.15, 0.2) is 0 Å². The van der Waals surface area contributed by atoms with Crippen LogP contribution in [-0.2, 0) is 27.9 Å². The summed E-state index contributed by atoms with van der Waals surface area (Å²) in [6.45, 7) is 3.39. The van der Waals surface area contributed by atoms with Gasteiger partial charge in [0.05, 0.1) is 12.9 Å². The average molecular weight is 243 g/mol. The normalized spacial score (nSPS) is 11.6. The zero-order chi connectivity index (χ0) is 12.0. The molecule has 0 aliphatic heterocycles. The van der Waals surface area contributed by atoms with Crippen molar-refractivity contribution in [2.24, 2.45) is 0 Å². The summed E-state index contributed by atoms with van der Waals surface area (Å²) in [4.78, 5) is 0. The number of nitrogens with one attached hydrogen (secondary N) is 1. The lowest BCUT2D eigenvalue weighted by molar-refractivity contribution is 0.133. The highest BCUT2D eigenvalue weighted by molar-refractivity contribution is 7.88. The number of hydrogen-bond acceptors (Lipinski definition) is 3. The third-order valence-corrected chi connectivity index (χ3v) is 2.77. The van der Waals surface area contributed by atoms with Crippen LogP contribution in [0.5, 0.6) is 0 Å². The first-order valence-electron chi connectivity index (χ1n) is 5.12. The van der Waals surface area contributed by atoms with E-state index in [-0.39, 0.29) is 0 Å². The van der Waals surface area contributed by atoms with E-state index in [4.69, 9.17) is 4.74 Å². The Balaban J connectivity index is 2.71. The molecule has 1 aromatic rings. The Morgan fingerprint density at radius 1 is 1.25 bits per heavy atom. The van der Waals surface area contributed by atoms with Gasteiger partial charge in [-0.05, 0) is 18.1 Å². The Bertz CT molecular complexity index is 429. The molecular formula is C11H17NO3S. The van der Waals surface area contributed by atoms with Gasteiger partial charge in [-0.3, -0.25) is 0 Å². The highest BCUT2D eigenvalue weighted by Gasteiger charge is 2.05. The van der Waals surface area contributed by atoms with Crippen LogP contribution in [0.1, 0.15) is 18.1 Å². The molecule has 1 rings (SSSR count). The molecule has 0 atom stereocenters. The molecule has 0 fully saturated rings. The Morgan fingerprint density at radius 3 is 2.44 bits per heavy atom. The lowest BCUT2D eigenvalue weighted by Crippen LogP contribution is -2.22. The molecule has 0 spiro atoms. The molecule has 1 N–H and O–H groups in total. The smallest absolute Gasteiger partial charge is 0.209 e. The van der Waals surface area contributed by atoms with Crippen molar-refractivity contribution in [2.75, 3.05) is 12.9 Å². The van der Waals surface area contributed by atoms with E-state index >= 15 is 0 Å². The lowest BCUT2D eigenvalue weighted by atomic mass is 10.1. The number of hydrogen-bond donors (Lipinski definition) is 1. The van der Waals surface area contributed by atoms with Crippen LogP contribution in [-0.4, -0.2) is 21.3 Å². The van der Waals surface area contributed by atoms with Gasteiger partial charge >= 0.3 is 0 Å². The lowest BCUT2D eigenvalue weighted by Gasteiger charge is -2.09. The molecule has 4 nitrogen and oxygen atoms in total. The minimum absolute atomic E-state index is 0.308. The van der Waals surface area contributed by atoms with E-state index in [1.807, 2.05) is 31.2 Å². The number of rotatable bonds is 6. The Morgan fingerprint density at radius 2 is 1.88 bits per heavy atom. The van der Waals surface area contributed by atoms with Crippen molar-refractivity contribution in [1.29, 1.82) is 0 Å². The van der Waals surface area contributed by atoms with Crippen LogP contribution in [0.3, 0.4) is 0 Å². The molecule has 0 saturated heterocycles. The average Bonchev–Trinajstić information content (AvgIpc) is 2.23. The second kappa shape index (κ2) is 5.98. The predicted octanol–water partition coefficient (Wildman–Crippen LogP) is 1.27. The third kappa shape index (κ3) is 4.74. The Labute approximate surface area is 96.7 Å². The molecule has 1 aromatic carbocycles. The van der Waals surface area contributed by atoms with Crippen molar-refractivity contribution in [3.8, 4) is 0 Å². The molecule has 90 valence electrons. The van der Waals surface area contributed by atoms with Gasteiger partial charge in [-0.25, -0.2) is 13.1 Å². The molecule has 0 heterocycles. The van der Waals surface area contributed by atoms with Crippen molar-refractivity contribution in [3.05, 3.63) is 35.4 Å². The molecule has 0 amide bonds. The SMILES string of the molecule is CCOCc1ccccc1CNS(C)(=O)=O. The van der Waals surface area contributed by atoms with Crippen molar-refractivity contribution in [2.45, 2.75) is 20.1 Å². The molecule has 5 heteroatoms. The number of sulfonamides is 1. The van der Waals surface area contributed by atoms with Gasteiger partial charge in [0, 0.05) is 13.2 Å². The molecule has 0 aliphatic carbocycles. The van der Waals surface area contributed by atoms with E-state index in [2.05, 4.69) is 4.72 Å². The van der Waals surface area contributed by atoms with Crippen LogP contribution in [0.15, 0.2) is 24.3 Å². The quantitative estimate of drug-likeness (QED) is 0.818. The maximum absolute atomic E-state index is 11.0. The molecule has 0 unspecified atom stereocenters. The van der Waals surface area contributed by atoms with Gasteiger partial charge in [0.25, 0.3) is 0 Å². The van der Waals surface area contributed by atoms with E-state index < -0.39 is 10.0 Å². The van der Waals surface area contributed by atoms with Gasteiger partial charge in [-0.15, -0.1) is 0 Å². The van der Waals surface area contributed by atoms with Crippen molar-refractivity contribution in [1.82, 2.24) is 4.72 Å². The third-order valence-electron chi connectivity index (χ3n) is 2.10. The summed E-state index contributed by atoms with van der Waals surface area (Å²) >= 11 is 0. The van der Waals surface area contributed by atoms with Gasteiger partial charge in [-0.1, -0.05) is 24.3 Å². The molecule has 0 saturated carbocycles. The second-order valence-corrected chi connectivity index (χ2v) is 5.33. The van der Waals surface area contributed by atoms with Gasteiger partial charge in [0.2, 0.25) is 10.0 Å². The first-order valence-corrected chi connectivity index (χ1v) is 7.01. The van der Waals surface area contributed by atoms with Crippen LogP contribution in [0, 0.1) is 0 Å². The highest BCUT2D eigenvalue weighted by Crippen LogP contribution is 2.10. The van der Waals surface area contributed by atoms with E-state index in [1.54, 1.807) is 0 Å². The summed E-state index contributed by atoms with van der Waals surface area (Å²) in [6.07, 6.45) is 1.15. The first-order chi connectivity index (χ1) is 7.53. The summed E-state index contributed by atoms with van der Waals surface area (Å²) in [5, 5.41) is 0. The largest absolute Gasteiger partial charge is 0.377 e. The van der Waals surface area contributed by atoms with Crippen LogP contribution < -0.4 is 4.72 Å². The van der Waals surface area contributed by atoms with E-state index in [0.29, 0.717) is 19.8 Å². The minimum atomic E-state index is -3.15. The summed E-state index contributed by atoms with van der Waals surface area (Å²) in [6, 6.07) is 7.63. The molecule has 0 radical (unpaired) electrons. The molecule has 16 heavy (non-hydrogen) atoms. The molecular weight excluding hydrogens is 226 g/mol. The Kier molecular flexibility index (Phi) is 4.92. The standard InChI is InChI=1S/C11H17NO3S/c1-3-15-9-11-7-5-4-6-10(11)8-12-16(2,13)14/h4-7,12H,3,8-9H2,1-2H3. The summed E-state index contributed by atoms with van der Waals surface area (Å²) in [5.74, 6) is 0. The van der Waals surface area contributed by atoms with Crippen LogP contribution in [0.2, 0.25) is 0 Å². The fourth-order valence-corrected chi connectivity index (χ4v) is 1.71. The number of benzene rings is 1. The zero-order valence-corrected chi connectivity index (χ0v) is 10.4. The van der Waals surface area contributed by atoms with Crippen molar-refractivity contribution in [3.63, 3.8) is 0 Å². The first kappa shape index (κ1) is 13.2. The fourth-order valence-electron chi connectivity index (χ4n) is 1.29. The van der Waals surface area contributed by atoms with Crippen LogP contribution in [0.25, 0.3) is 0 Å². The van der Waals surface area contributed by atoms with E-state index in [9.17, 15) is 8.42 Å². The van der Waals surface area contributed by atoms with E-state index in [0.717, 1.165) is 17.4 Å². The molecule has 0 bridgehead atoms. The van der Waals surface area contributed by atoms with Crippen molar-refractivity contribution >= 4 is 10.0 Å². The Hall–Kier alpha value is -0.910. The summed E-state index contributed by atoms with van der Waals surface area (Å²) < 4.78 is 29.8. The van der Waals surface area contributed by atoms with Crippen LogP contribution in [0.4, 0.5) is 0 Å². The molecule has 0 aromatic heterocycles. The highest BCUT2D eigenvalue weighted by atomic mass is 32.2. The van der Waals surface area contributed by atoms with Gasteiger partial charge in [0.1, 0.15) is 0 Å². The maximum atomic E-state index is 11.0. The maximum Gasteiger partial charge on any atom is 0.209 e. The van der Waals surface area contributed by atoms with Gasteiger partial charge in [-0.2, -0.15) is 0 Å². The zero-order valence-electron chi connectivity index (χ0n) is 9.56. The summed E-state index contributed by atoms with van der Waals surface area (Å²) in [5.41, 5.74) is 1.96.